The Hall–Kier alpha value is -0.720. The first kappa shape index (κ1) is 13.3. The zero-order valence-corrected chi connectivity index (χ0v) is 9.96. The number of hydrogen-bond donors (Lipinski definition) is 2. The summed E-state index contributed by atoms with van der Waals surface area (Å²) in [5.41, 5.74) is 0.728. The largest absolute Gasteiger partial charge is 0.390 e. The fourth-order valence-corrected chi connectivity index (χ4v) is 2.12. The molecule has 1 heterocycles. The van der Waals surface area contributed by atoms with Gasteiger partial charge in [0.2, 0.25) is 0 Å². The van der Waals surface area contributed by atoms with Gasteiger partial charge in [0.05, 0.1) is 11.6 Å². The molecule has 1 aromatic rings. The average Bonchev–Trinajstić information content (AvgIpc) is 2.57. The highest BCUT2D eigenvalue weighted by atomic mass is 35.5. The Morgan fingerprint density at radius 3 is 2.75 bits per heavy atom. The van der Waals surface area contributed by atoms with E-state index in [1.807, 2.05) is 5.32 Å². The Balaban J connectivity index is 2.64. The van der Waals surface area contributed by atoms with Gasteiger partial charge >= 0.3 is 0 Å². The van der Waals surface area contributed by atoms with E-state index in [0.29, 0.717) is 0 Å². The number of amides is 1. The van der Waals surface area contributed by atoms with Crippen LogP contribution in [0.3, 0.4) is 0 Å². The molecule has 0 saturated heterocycles. The van der Waals surface area contributed by atoms with Crippen LogP contribution in [0.2, 0.25) is 5.02 Å². The molecule has 16 heavy (non-hydrogen) atoms. The van der Waals surface area contributed by atoms with Crippen molar-refractivity contribution in [3.63, 3.8) is 0 Å². The summed E-state index contributed by atoms with van der Waals surface area (Å²) in [7, 11) is 0. The van der Waals surface area contributed by atoms with Crippen LogP contribution in [0.15, 0.2) is 5.38 Å². The molecule has 1 aromatic heterocycles. The Bertz CT molecular complexity index is 395. The molecule has 0 saturated carbocycles. The molecule has 1 amide bonds. The van der Waals surface area contributed by atoms with Gasteiger partial charge in [0, 0.05) is 0 Å². The van der Waals surface area contributed by atoms with Crippen molar-refractivity contribution < 1.29 is 18.7 Å². The maximum atomic E-state index is 12.6. The van der Waals surface area contributed by atoms with Crippen LogP contribution in [0.4, 0.5) is 8.78 Å². The summed E-state index contributed by atoms with van der Waals surface area (Å²) in [4.78, 5) is 11.6. The van der Waals surface area contributed by atoms with Gasteiger partial charge in [-0.15, -0.1) is 11.3 Å². The molecule has 7 heteroatoms. The van der Waals surface area contributed by atoms with E-state index < -0.39 is 25.0 Å². The first-order valence-electron chi connectivity index (χ1n) is 4.38. The van der Waals surface area contributed by atoms with Gasteiger partial charge in [0.25, 0.3) is 11.8 Å². The molecule has 0 aliphatic carbocycles. The first-order valence-corrected chi connectivity index (χ1v) is 5.63. The number of rotatable bonds is 4. The normalized spacial score (nSPS) is 11.6. The lowest BCUT2D eigenvalue weighted by molar-refractivity contribution is -0.0461. The third-order valence-corrected chi connectivity index (χ3v) is 3.54. The summed E-state index contributed by atoms with van der Waals surface area (Å²) in [6.45, 7) is -0.488. The summed E-state index contributed by atoms with van der Waals surface area (Å²) < 4.78 is 25.3. The number of hydrogen-bond acceptors (Lipinski definition) is 3. The molecule has 0 radical (unpaired) electrons. The molecule has 0 unspecified atom stereocenters. The number of aliphatic hydroxyl groups is 1. The van der Waals surface area contributed by atoms with Crippen molar-refractivity contribution in [1.29, 1.82) is 0 Å². The molecule has 1 rings (SSSR count). The van der Waals surface area contributed by atoms with Gasteiger partial charge < -0.3 is 10.4 Å². The first-order chi connectivity index (χ1) is 7.37. The Morgan fingerprint density at radius 1 is 1.69 bits per heavy atom. The minimum Gasteiger partial charge on any atom is -0.390 e. The van der Waals surface area contributed by atoms with Crippen molar-refractivity contribution >= 4 is 28.8 Å². The van der Waals surface area contributed by atoms with Crippen LogP contribution in [-0.4, -0.2) is 30.1 Å². The van der Waals surface area contributed by atoms with E-state index in [0.717, 1.165) is 16.9 Å². The fraction of sp³-hybridized carbons (Fsp3) is 0.444. The highest BCUT2D eigenvalue weighted by molar-refractivity contribution is 7.13. The summed E-state index contributed by atoms with van der Waals surface area (Å²) in [5, 5.41) is 12.3. The van der Waals surface area contributed by atoms with E-state index in [-0.39, 0.29) is 9.90 Å². The predicted octanol–water partition coefficient (Wildman–Crippen LogP) is 2.07. The Morgan fingerprint density at radius 2 is 2.31 bits per heavy atom. The second-order valence-corrected chi connectivity index (χ2v) is 4.52. The minimum absolute atomic E-state index is 0.202. The van der Waals surface area contributed by atoms with Crippen LogP contribution < -0.4 is 5.32 Å². The zero-order valence-electron chi connectivity index (χ0n) is 8.39. The fourth-order valence-electron chi connectivity index (χ4n) is 0.929. The number of carbonyl (C=O) groups excluding carboxylic acids is 1. The van der Waals surface area contributed by atoms with Crippen LogP contribution >= 0.6 is 22.9 Å². The van der Waals surface area contributed by atoms with Gasteiger partial charge in [0.15, 0.2) is 0 Å². The second-order valence-electron chi connectivity index (χ2n) is 3.26. The molecule has 0 atom stereocenters. The molecule has 2 N–H and O–H groups in total. The molecule has 90 valence electrons. The monoisotopic (exact) mass is 269 g/mol. The highest BCUT2D eigenvalue weighted by Crippen LogP contribution is 2.27. The molecule has 3 nitrogen and oxygen atoms in total. The summed E-state index contributed by atoms with van der Waals surface area (Å²) >= 11 is 6.89. The standard InChI is InChI=1S/C9H10ClF2NO2S/c1-5-2-16-7(6(5)10)8(15)13-3-9(11,12)4-14/h2,14H,3-4H2,1H3,(H,13,15). The Labute approximate surface area is 100 Å². The third kappa shape index (κ3) is 3.13. The van der Waals surface area contributed by atoms with Crippen molar-refractivity contribution in [3.8, 4) is 0 Å². The number of halogens is 3. The smallest absolute Gasteiger partial charge is 0.287 e. The lowest BCUT2D eigenvalue weighted by Gasteiger charge is -2.13. The number of nitrogens with one attached hydrogen (secondary N) is 1. The lowest BCUT2D eigenvalue weighted by Crippen LogP contribution is -2.38. The highest BCUT2D eigenvalue weighted by Gasteiger charge is 2.29. The van der Waals surface area contributed by atoms with Gasteiger partial charge in [-0.05, 0) is 17.9 Å². The molecule has 0 aliphatic rings. The number of carbonyl (C=O) groups is 1. The quantitative estimate of drug-likeness (QED) is 0.879. The summed E-state index contributed by atoms with van der Waals surface area (Å²) in [5.74, 6) is -3.97. The van der Waals surface area contributed by atoms with Crippen LogP contribution in [-0.2, 0) is 0 Å². The van der Waals surface area contributed by atoms with E-state index >= 15 is 0 Å². The van der Waals surface area contributed by atoms with E-state index in [1.165, 1.54) is 0 Å². The molecule has 0 aliphatic heterocycles. The molecular weight excluding hydrogens is 260 g/mol. The zero-order chi connectivity index (χ0) is 12.3. The lowest BCUT2D eigenvalue weighted by atomic mass is 10.3. The number of aliphatic hydroxyl groups excluding tert-OH is 1. The van der Waals surface area contributed by atoms with Crippen molar-refractivity contribution in [3.05, 3.63) is 20.8 Å². The van der Waals surface area contributed by atoms with Crippen LogP contribution in [0.25, 0.3) is 0 Å². The van der Waals surface area contributed by atoms with Crippen LogP contribution in [0.1, 0.15) is 15.2 Å². The maximum absolute atomic E-state index is 12.6. The summed E-state index contributed by atoms with van der Waals surface area (Å²) in [6.07, 6.45) is 0. The number of aryl methyl sites for hydroxylation is 1. The van der Waals surface area contributed by atoms with Crippen LogP contribution in [0, 0.1) is 6.92 Å². The minimum atomic E-state index is -3.31. The molecular formula is C9H10ClF2NO2S. The SMILES string of the molecule is Cc1csc(C(=O)NCC(F)(F)CO)c1Cl. The molecule has 0 fully saturated rings. The number of thiophene rings is 1. The number of alkyl halides is 2. The van der Waals surface area contributed by atoms with Crippen molar-refractivity contribution in [2.24, 2.45) is 0 Å². The van der Waals surface area contributed by atoms with E-state index in [2.05, 4.69) is 0 Å². The van der Waals surface area contributed by atoms with Gasteiger partial charge in [-0.1, -0.05) is 11.6 Å². The van der Waals surface area contributed by atoms with E-state index in [9.17, 15) is 13.6 Å². The molecule has 0 aromatic carbocycles. The average molecular weight is 270 g/mol. The molecule has 0 spiro atoms. The van der Waals surface area contributed by atoms with Crippen LogP contribution in [0.5, 0.6) is 0 Å². The van der Waals surface area contributed by atoms with Crippen molar-refractivity contribution in [2.45, 2.75) is 12.8 Å². The Kier molecular flexibility index (Phi) is 4.23. The van der Waals surface area contributed by atoms with E-state index in [1.54, 1.807) is 12.3 Å². The maximum Gasteiger partial charge on any atom is 0.287 e. The summed E-state index contributed by atoms with van der Waals surface area (Å²) in [6, 6.07) is 0. The van der Waals surface area contributed by atoms with Gasteiger partial charge in [-0.3, -0.25) is 4.79 Å². The van der Waals surface area contributed by atoms with Gasteiger partial charge in [-0.2, -0.15) is 0 Å². The predicted molar refractivity (Wildman–Crippen MR) is 58.4 cm³/mol. The molecule has 0 bridgehead atoms. The van der Waals surface area contributed by atoms with Crippen molar-refractivity contribution in [2.75, 3.05) is 13.2 Å². The van der Waals surface area contributed by atoms with E-state index in [4.69, 9.17) is 16.7 Å². The second kappa shape index (κ2) is 5.07. The topological polar surface area (TPSA) is 49.3 Å². The third-order valence-electron chi connectivity index (χ3n) is 1.84. The van der Waals surface area contributed by atoms with Crippen molar-refractivity contribution in [1.82, 2.24) is 5.32 Å². The van der Waals surface area contributed by atoms with Gasteiger partial charge in [0.1, 0.15) is 11.5 Å². The van der Waals surface area contributed by atoms with Gasteiger partial charge in [-0.25, -0.2) is 8.78 Å².